The molecular formula is C21H23FN6O. The van der Waals surface area contributed by atoms with Gasteiger partial charge in [-0.1, -0.05) is 42.5 Å². The zero-order valence-electron chi connectivity index (χ0n) is 16.0. The molecule has 1 fully saturated rings. The fourth-order valence-electron chi connectivity index (χ4n) is 3.89. The average Bonchev–Trinajstić information content (AvgIpc) is 3.18. The Morgan fingerprint density at radius 2 is 1.79 bits per heavy atom. The number of carbonyl (C=O) groups excluding carboxylic acids is 1. The number of halogens is 1. The molecule has 1 saturated heterocycles. The molecule has 7 nitrogen and oxygen atoms in total. The summed E-state index contributed by atoms with van der Waals surface area (Å²) in [6.45, 7) is 1.92. The first-order chi connectivity index (χ1) is 14.1. The minimum Gasteiger partial charge on any atom is -0.369 e. The molecule has 3 aromatic rings. The molecule has 2 N–H and O–H groups in total. The van der Waals surface area contributed by atoms with Crippen molar-refractivity contribution in [2.24, 2.45) is 11.7 Å². The number of nitrogens with zero attached hydrogens (tertiary/aromatic N) is 5. The van der Waals surface area contributed by atoms with Crippen LogP contribution in [0.2, 0.25) is 0 Å². The summed E-state index contributed by atoms with van der Waals surface area (Å²) in [5.41, 5.74) is 7.48. The molecular weight excluding hydrogens is 371 g/mol. The van der Waals surface area contributed by atoms with Crippen molar-refractivity contribution in [3.05, 3.63) is 77.4 Å². The van der Waals surface area contributed by atoms with Gasteiger partial charge in [0.15, 0.2) is 5.82 Å². The Balaban J connectivity index is 1.66. The van der Waals surface area contributed by atoms with E-state index >= 15 is 0 Å². The second-order valence-corrected chi connectivity index (χ2v) is 7.35. The Morgan fingerprint density at radius 3 is 2.45 bits per heavy atom. The molecule has 0 radical (unpaired) electrons. The van der Waals surface area contributed by atoms with Gasteiger partial charge in [0.1, 0.15) is 5.82 Å². The van der Waals surface area contributed by atoms with Gasteiger partial charge >= 0.3 is 0 Å². The van der Waals surface area contributed by atoms with Crippen molar-refractivity contribution in [2.75, 3.05) is 13.1 Å². The second kappa shape index (κ2) is 8.48. The number of rotatable bonds is 6. The molecule has 1 aliphatic heterocycles. The number of hydrogen-bond acceptors (Lipinski definition) is 5. The largest absolute Gasteiger partial charge is 0.369 e. The van der Waals surface area contributed by atoms with Gasteiger partial charge in [-0.25, -0.2) is 9.07 Å². The monoisotopic (exact) mass is 394 g/mol. The van der Waals surface area contributed by atoms with Crippen LogP contribution in [0.1, 0.15) is 35.8 Å². The molecule has 4 rings (SSSR count). The van der Waals surface area contributed by atoms with Crippen molar-refractivity contribution in [1.82, 2.24) is 25.1 Å². The van der Waals surface area contributed by atoms with Crippen LogP contribution >= 0.6 is 0 Å². The lowest BCUT2D eigenvalue weighted by atomic mass is 9.93. The number of benzene rings is 2. The first-order valence-electron chi connectivity index (χ1n) is 9.70. The molecule has 2 heterocycles. The van der Waals surface area contributed by atoms with Gasteiger partial charge in [-0.2, -0.15) is 0 Å². The van der Waals surface area contributed by atoms with Crippen LogP contribution < -0.4 is 5.73 Å². The summed E-state index contributed by atoms with van der Waals surface area (Å²) in [5.74, 6) is 0.0409. The van der Waals surface area contributed by atoms with Crippen LogP contribution in [0.4, 0.5) is 4.39 Å². The Kier molecular flexibility index (Phi) is 5.62. The van der Waals surface area contributed by atoms with Gasteiger partial charge in [-0.05, 0) is 59.6 Å². The van der Waals surface area contributed by atoms with Crippen LogP contribution in [0.25, 0.3) is 0 Å². The first-order valence-corrected chi connectivity index (χ1v) is 9.70. The van der Waals surface area contributed by atoms with Crippen LogP contribution in [0.5, 0.6) is 0 Å². The third-order valence-corrected chi connectivity index (χ3v) is 5.46. The summed E-state index contributed by atoms with van der Waals surface area (Å²) < 4.78 is 15.3. The average molecular weight is 394 g/mol. The van der Waals surface area contributed by atoms with E-state index in [-0.39, 0.29) is 23.7 Å². The number of amides is 1. The van der Waals surface area contributed by atoms with E-state index in [0.717, 1.165) is 11.1 Å². The predicted octanol–water partition coefficient (Wildman–Crippen LogP) is 2.15. The van der Waals surface area contributed by atoms with Crippen molar-refractivity contribution < 1.29 is 9.18 Å². The summed E-state index contributed by atoms with van der Waals surface area (Å²) in [7, 11) is 0. The normalized spacial score (nSPS) is 16.6. The van der Waals surface area contributed by atoms with Gasteiger partial charge in [0.05, 0.1) is 12.6 Å². The highest BCUT2D eigenvalue weighted by atomic mass is 19.1. The molecule has 8 heteroatoms. The third-order valence-electron chi connectivity index (χ3n) is 5.46. The Labute approximate surface area is 168 Å². The third kappa shape index (κ3) is 4.32. The number of piperidine rings is 1. The number of nitrogens with two attached hydrogens (primary N) is 1. The van der Waals surface area contributed by atoms with E-state index in [1.54, 1.807) is 16.8 Å². The highest BCUT2D eigenvalue weighted by molar-refractivity contribution is 5.76. The topological polar surface area (TPSA) is 89.9 Å². The lowest BCUT2D eigenvalue weighted by Crippen LogP contribution is -2.41. The van der Waals surface area contributed by atoms with Gasteiger partial charge in [0.25, 0.3) is 0 Å². The maximum Gasteiger partial charge on any atom is 0.220 e. The molecule has 1 atom stereocenters. The summed E-state index contributed by atoms with van der Waals surface area (Å²) in [6.07, 6.45) is 1.38. The molecule has 2 aromatic carbocycles. The lowest BCUT2D eigenvalue weighted by Gasteiger charge is -2.36. The van der Waals surface area contributed by atoms with Crippen LogP contribution in [0.3, 0.4) is 0 Å². The smallest absolute Gasteiger partial charge is 0.220 e. The fraction of sp³-hybridized carbons (Fsp3) is 0.333. The van der Waals surface area contributed by atoms with E-state index in [1.807, 2.05) is 30.3 Å². The molecule has 1 aromatic heterocycles. The molecule has 0 unspecified atom stereocenters. The minimum atomic E-state index is -0.288. The van der Waals surface area contributed by atoms with E-state index in [4.69, 9.17) is 5.73 Å². The molecule has 29 heavy (non-hydrogen) atoms. The van der Waals surface area contributed by atoms with E-state index in [1.165, 1.54) is 12.1 Å². The Morgan fingerprint density at radius 1 is 1.10 bits per heavy atom. The van der Waals surface area contributed by atoms with Gasteiger partial charge < -0.3 is 5.73 Å². The standard InChI is InChI=1S/C21H23FN6O/c22-18-8-6-16(7-9-18)19(27-12-10-17(11-13-27)20(23)29)21-24-25-26-28(21)14-15-4-2-1-3-5-15/h1-9,17,19H,10-14H2,(H2,23,29)/t19-/m1/s1. The molecule has 0 bridgehead atoms. The van der Waals surface area contributed by atoms with Crippen molar-refractivity contribution in [3.8, 4) is 0 Å². The second-order valence-electron chi connectivity index (χ2n) is 7.35. The van der Waals surface area contributed by atoms with Gasteiger partial charge in [0.2, 0.25) is 5.91 Å². The zero-order valence-corrected chi connectivity index (χ0v) is 16.0. The van der Waals surface area contributed by atoms with Gasteiger partial charge in [-0.15, -0.1) is 5.10 Å². The van der Waals surface area contributed by atoms with Crippen LogP contribution in [0.15, 0.2) is 54.6 Å². The Bertz CT molecular complexity index is 951. The summed E-state index contributed by atoms with van der Waals surface area (Å²) in [6, 6.07) is 16.2. The highest BCUT2D eigenvalue weighted by Crippen LogP contribution is 2.31. The fourth-order valence-corrected chi connectivity index (χ4v) is 3.89. The molecule has 1 amide bonds. The lowest BCUT2D eigenvalue weighted by molar-refractivity contribution is -0.123. The number of hydrogen-bond donors (Lipinski definition) is 1. The summed E-state index contributed by atoms with van der Waals surface area (Å²) >= 11 is 0. The van der Waals surface area contributed by atoms with E-state index in [9.17, 15) is 9.18 Å². The maximum atomic E-state index is 13.5. The minimum absolute atomic E-state index is 0.111. The quantitative estimate of drug-likeness (QED) is 0.692. The number of carbonyl (C=O) groups is 1. The Hall–Kier alpha value is -3.13. The van der Waals surface area contributed by atoms with Gasteiger partial charge in [-0.3, -0.25) is 9.69 Å². The van der Waals surface area contributed by atoms with Crippen LogP contribution in [0, 0.1) is 11.7 Å². The van der Waals surface area contributed by atoms with Crippen molar-refractivity contribution >= 4 is 5.91 Å². The number of aromatic nitrogens is 4. The molecule has 0 aliphatic carbocycles. The van der Waals surface area contributed by atoms with E-state index < -0.39 is 0 Å². The van der Waals surface area contributed by atoms with Crippen molar-refractivity contribution in [2.45, 2.75) is 25.4 Å². The molecule has 1 aliphatic rings. The van der Waals surface area contributed by atoms with Gasteiger partial charge in [0, 0.05) is 5.92 Å². The SMILES string of the molecule is NC(=O)C1CCN([C@H](c2ccc(F)cc2)c2nnnn2Cc2ccccc2)CC1. The number of likely N-dealkylation sites (tertiary alicyclic amines) is 1. The molecule has 0 saturated carbocycles. The first kappa shape index (κ1) is 19.2. The zero-order chi connectivity index (χ0) is 20.2. The molecule has 150 valence electrons. The summed E-state index contributed by atoms with van der Waals surface area (Å²) in [5, 5.41) is 12.4. The van der Waals surface area contributed by atoms with Crippen LogP contribution in [-0.2, 0) is 11.3 Å². The van der Waals surface area contributed by atoms with E-state index in [2.05, 4.69) is 20.4 Å². The predicted molar refractivity (Wildman–Crippen MR) is 105 cm³/mol. The van der Waals surface area contributed by atoms with Crippen molar-refractivity contribution in [1.29, 1.82) is 0 Å². The summed E-state index contributed by atoms with van der Waals surface area (Å²) in [4.78, 5) is 13.8. The molecule has 0 spiro atoms. The van der Waals surface area contributed by atoms with E-state index in [0.29, 0.717) is 38.3 Å². The van der Waals surface area contributed by atoms with Crippen LogP contribution in [-0.4, -0.2) is 44.1 Å². The number of tetrazole rings is 1. The maximum absolute atomic E-state index is 13.5. The number of primary amides is 1. The van der Waals surface area contributed by atoms with Crippen molar-refractivity contribution in [3.63, 3.8) is 0 Å². The highest BCUT2D eigenvalue weighted by Gasteiger charge is 2.32.